The van der Waals surface area contributed by atoms with Gasteiger partial charge in [0, 0.05) is 6.54 Å². The Labute approximate surface area is 99.8 Å². The fourth-order valence-corrected chi connectivity index (χ4v) is 3.69. The van der Waals surface area contributed by atoms with E-state index in [1.54, 1.807) is 0 Å². The second-order valence-electron chi connectivity index (χ2n) is 6.38. The molecule has 2 aliphatic rings. The van der Waals surface area contributed by atoms with E-state index in [9.17, 15) is 5.11 Å². The predicted molar refractivity (Wildman–Crippen MR) is 67.3 cm³/mol. The highest BCUT2D eigenvalue weighted by molar-refractivity contribution is 4.90. The van der Waals surface area contributed by atoms with E-state index in [2.05, 4.69) is 19.2 Å². The highest BCUT2D eigenvalue weighted by Crippen LogP contribution is 2.47. The molecule has 0 aliphatic heterocycles. The Balaban J connectivity index is 1.58. The average Bonchev–Trinajstić information content (AvgIpc) is 2.77. The molecule has 94 valence electrons. The summed E-state index contributed by atoms with van der Waals surface area (Å²) in [5.74, 6) is 3.54. The summed E-state index contributed by atoms with van der Waals surface area (Å²) in [4.78, 5) is 0. The molecule has 2 N–H and O–H groups in total. The highest BCUT2D eigenvalue weighted by atomic mass is 16.3. The summed E-state index contributed by atoms with van der Waals surface area (Å²) >= 11 is 0. The molecule has 2 bridgehead atoms. The summed E-state index contributed by atoms with van der Waals surface area (Å²) in [7, 11) is 0. The van der Waals surface area contributed by atoms with Crippen molar-refractivity contribution in [1.82, 2.24) is 5.32 Å². The van der Waals surface area contributed by atoms with Crippen molar-refractivity contribution in [2.24, 2.45) is 23.7 Å². The quantitative estimate of drug-likeness (QED) is 0.727. The maximum atomic E-state index is 9.76. The molecular formula is C14H27NO. The van der Waals surface area contributed by atoms with Crippen LogP contribution < -0.4 is 5.32 Å². The van der Waals surface area contributed by atoms with Crippen molar-refractivity contribution >= 4 is 0 Å². The van der Waals surface area contributed by atoms with Crippen molar-refractivity contribution in [2.45, 2.75) is 52.1 Å². The number of fused-ring (bicyclic) bond motifs is 2. The van der Waals surface area contributed by atoms with Crippen LogP contribution in [0.2, 0.25) is 0 Å². The van der Waals surface area contributed by atoms with Crippen LogP contribution in [0.1, 0.15) is 46.0 Å². The van der Waals surface area contributed by atoms with E-state index in [-0.39, 0.29) is 6.10 Å². The third-order valence-corrected chi connectivity index (χ3v) is 4.41. The Bertz CT molecular complexity index is 217. The molecule has 2 nitrogen and oxygen atoms in total. The first-order valence-corrected chi connectivity index (χ1v) is 7.04. The minimum Gasteiger partial charge on any atom is -0.392 e. The van der Waals surface area contributed by atoms with Gasteiger partial charge in [0.25, 0.3) is 0 Å². The number of hydrogen-bond acceptors (Lipinski definition) is 2. The van der Waals surface area contributed by atoms with Gasteiger partial charge in [-0.25, -0.2) is 0 Å². The van der Waals surface area contributed by atoms with Gasteiger partial charge >= 0.3 is 0 Å². The van der Waals surface area contributed by atoms with Crippen molar-refractivity contribution in [3.63, 3.8) is 0 Å². The van der Waals surface area contributed by atoms with Gasteiger partial charge in [-0.2, -0.15) is 0 Å². The first-order valence-electron chi connectivity index (χ1n) is 7.04. The van der Waals surface area contributed by atoms with Crippen molar-refractivity contribution in [3.8, 4) is 0 Å². The Hall–Kier alpha value is -0.0800. The zero-order valence-electron chi connectivity index (χ0n) is 10.8. The Morgan fingerprint density at radius 1 is 1.25 bits per heavy atom. The van der Waals surface area contributed by atoms with Crippen LogP contribution in [0.3, 0.4) is 0 Å². The summed E-state index contributed by atoms with van der Waals surface area (Å²) in [6.45, 7) is 6.25. The van der Waals surface area contributed by atoms with E-state index >= 15 is 0 Å². The van der Waals surface area contributed by atoms with Crippen LogP contribution in [-0.4, -0.2) is 24.3 Å². The van der Waals surface area contributed by atoms with Gasteiger partial charge in [-0.15, -0.1) is 0 Å². The maximum Gasteiger partial charge on any atom is 0.0667 e. The molecule has 4 atom stereocenters. The lowest BCUT2D eigenvalue weighted by Crippen LogP contribution is -2.33. The van der Waals surface area contributed by atoms with Crippen molar-refractivity contribution in [1.29, 1.82) is 0 Å². The van der Waals surface area contributed by atoms with Gasteiger partial charge in [0.2, 0.25) is 0 Å². The molecule has 16 heavy (non-hydrogen) atoms. The Kier molecular flexibility index (Phi) is 4.26. The van der Waals surface area contributed by atoms with Gasteiger partial charge in [-0.3, -0.25) is 0 Å². The summed E-state index contributed by atoms with van der Waals surface area (Å²) in [6, 6.07) is 0. The summed E-state index contributed by atoms with van der Waals surface area (Å²) in [5.41, 5.74) is 0. The summed E-state index contributed by atoms with van der Waals surface area (Å²) < 4.78 is 0. The molecule has 4 unspecified atom stereocenters. The monoisotopic (exact) mass is 225 g/mol. The van der Waals surface area contributed by atoms with Gasteiger partial charge in [-0.05, 0) is 55.9 Å². The number of aliphatic hydroxyl groups is 1. The standard InChI is InChI=1S/C14H27NO/c1-10(2)5-14(16)9-15-8-13-7-11-3-4-12(13)6-11/h10-16H,3-9H2,1-2H3. The van der Waals surface area contributed by atoms with Gasteiger partial charge in [-0.1, -0.05) is 20.3 Å². The zero-order valence-corrected chi connectivity index (χ0v) is 10.8. The van der Waals surface area contributed by atoms with E-state index in [0.717, 1.165) is 37.3 Å². The van der Waals surface area contributed by atoms with Crippen molar-refractivity contribution in [2.75, 3.05) is 13.1 Å². The maximum absolute atomic E-state index is 9.76. The molecule has 0 heterocycles. The van der Waals surface area contributed by atoms with Crippen molar-refractivity contribution in [3.05, 3.63) is 0 Å². The van der Waals surface area contributed by atoms with Crippen LogP contribution in [0.25, 0.3) is 0 Å². The minimum absolute atomic E-state index is 0.154. The number of rotatable bonds is 6. The third kappa shape index (κ3) is 3.21. The van der Waals surface area contributed by atoms with Gasteiger partial charge in [0.15, 0.2) is 0 Å². The lowest BCUT2D eigenvalue weighted by atomic mass is 9.89. The molecule has 2 rings (SSSR count). The Morgan fingerprint density at radius 3 is 2.62 bits per heavy atom. The summed E-state index contributed by atoms with van der Waals surface area (Å²) in [5, 5.41) is 13.2. The molecule has 0 saturated heterocycles. The normalized spacial score (nSPS) is 34.9. The predicted octanol–water partition coefficient (Wildman–Crippen LogP) is 2.42. The van der Waals surface area contributed by atoms with Crippen molar-refractivity contribution < 1.29 is 5.11 Å². The molecule has 2 heteroatoms. The molecule has 0 aromatic heterocycles. The molecule has 2 fully saturated rings. The fraction of sp³-hybridized carbons (Fsp3) is 1.00. The zero-order chi connectivity index (χ0) is 11.5. The first-order chi connectivity index (χ1) is 7.65. The number of nitrogens with one attached hydrogen (secondary N) is 1. The molecule has 0 aromatic carbocycles. The largest absolute Gasteiger partial charge is 0.392 e. The van der Waals surface area contributed by atoms with Crippen LogP contribution >= 0.6 is 0 Å². The van der Waals surface area contributed by atoms with E-state index in [1.165, 1.54) is 25.7 Å². The van der Waals surface area contributed by atoms with E-state index < -0.39 is 0 Å². The lowest BCUT2D eigenvalue weighted by molar-refractivity contribution is 0.143. The number of hydrogen-bond donors (Lipinski definition) is 2. The molecular weight excluding hydrogens is 198 g/mol. The second kappa shape index (κ2) is 5.50. The molecule has 0 spiro atoms. The highest BCUT2D eigenvalue weighted by Gasteiger charge is 2.38. The fourth-order valence-electron chi connectivity index (χ4n) is 3.69. The first kappa shape index (κ1) is 12.4. The van der Waals surface area contributed by atoms with Crippen LogP contribution in [0.15, 0.2) is 0 Å². The smallest absolute Gasteiger partial charge is 0.0667 e. The van der Waals surface area contributed by atoms with Crippen LogP contribution in [0.4, 0.5) is 0 Å². The SMILES string of the molecule is CC(C)CC(O)CNCC1CC2CCC1C2. The average molecular weight is 225 g/mol. The molecule has 0 radical (unpaired) electrons. The molecule has 2 aliphatic carbocycles. The molecule has 0 amide bonds. The van der Waals surface area contributed by atoms with E-state index in [4.69, 9.17) is 0 Å². The van der Waals surface area contributed by atoms with Gasteiger partial charge in [0.1, 0.15) is 0 Å². The summed E-state index contributed by atoms with van der Waals surface area (Å²) in [6.07, 6.45) is 6.64. The van der Waals surface area contributed by atoms with Gasteiger partial charge in [0.05, 0.1) is 6.10 Å². The topological polar surface area (TPSA) is 32.3 Å². The van der Waals surface area contributed by atoms with Crippen LogP contribution in [0, 0.1) is 23.7 Å². The number of aliphatic hydroxyl groups excluding tert-OH is 1. The third-order valence-electron chi connectivity index (χ3n) is 4.41. The van der Waals surface area contributed by atoms with Crippen LogP contribution in [0.5, 0.6) is 0 Å². The van der Waals surface area contributed by atoms with E-state index in [1.807, 2.05) is 0 Å². The van der Waals surface area contributed by atoms with E-state index in [0.29, 0.717) is 5.92 Å². The van der Waals surface area contributed by atoms with Gasteiger partial charge < -0.3 is 10.4 Å². The lowest BCUT2D eigenvalue weighted by Gasteiger charge is -2.23. The van der Waals surface area contributed by atoms with Crippen LogP contribution in [-0.2, 0) is 0 Å². The minimum atomic E-state index is -0.154. The molecule has 2 saturated carbocycles. The Morgan fingerprint density at radius 2 is 2.06 bits per heavy atom. The second-order valence-corrected chi connectivity index (χ2v) is 6.38. The molecule has 0 aromatic rings.